The molecule has 158 valence electrons. The van der Waals surface area contributed by atoms with Crippen LogP contribution in [0.4, 0.5) is 9.59 Å². The molecule has 0 N–H and O–H groups in total. The van der Waals surface area contributed by atoms with Crippen molar-refractivity contribution in [3.05, 3.63) is 71.3 Å². The lowest BCUT2D eigenvalue weighted by atomic mass is 10.2. The largest absolute Gasteiger partial charge is 0.309 e. The number of nitrogens with zero attached hydrogens (tertiary/aromatic N) is 4. The molecule has 0 bridgehead atoms. The van der Waals surface area contributed by atoms with Gasteiger partial charge in [-0.15, -0.1) is 0 Å². The number of hydrogen-bond donors (Lipinski definition) is 0. The second-order valence-electron chi connectivity index (χ2n) is 6.33. The maximum Gasteiger partial charge on any atom is 0.309 e. The molecule has 0 aliphatic carbocycles. The van der Waals surface area contributed by atoms with Crippen LogP contribution in [0.5, 0.6) is 0 Å². The van der Waals surface area contributed by atoms with Crippen molar-refractivity contribution in [2.45, 2.75) is 6.92 Å². The minimum absolute atomic E-state index is 0.185. The number of imide groups is 2. The van der Waals surface area contributed by atoms with E-state index in [1.54, 1.807) is 0 Å². The van der Waals surface area contributed by atoms with Crippen LogP contribution >= 0.6 is 23.5 Å². The van der Waals surface area contributed by atoms with Crippen molar-refractivity contribution < 1.29 is 19.2 Å². The lowest BCUT2D eigenvalue weighted by Gasteiger charge is -2.03. The van der Waals surface area contributed by atoms with E-state index in [1.807, 2.05) is 61.5 Å². The Morgan fingerprint density at radius 2 is 1.16 bits per heavy atom. The fourth-order valence-electron chi connectivity index (χ4n) is 2.36. The van der Waals surface area contributed by atoms with Gasteiger partial charge in [0.15, 0.2) is 0 Å². The number of benzene rings is 2. The van der Waals surface area contributed by atoms with Crippen LogP contribution in [0.3, 0.4) is 0 Å². The molecule has 0 unspecified atom stereocenters. The molecule has 2 fully saturated rings. The molecule has 0 saturated carbocycles. The molecule has 4 amide bonds. The van der Waals surface area contributed by atoms with Gasteiger partial charge in [0, 0.05) is 0 Å². The van der Waals surface area contributed by atoms with Gasteiger partial charge in [-0.3, -0.25) is 19.2 Å². The van der Waals surface area contributed by atoms with E-state index in [9.17, 15) is 19.2 Å². The third-order valence-electron chi connectivity index (χ3n) is 3.98. The summed E-state index contributed by atoms with van der Waals surface area (Å²) in [5.41, 5.74) is 2.87. The first-order valence-corrected chi connectivity index (χ1v) is 11.1. The summed E-state index contributed by atoms with van der Waals surface area (Å²) in [6, 6.07) is 17.0. The summed E-state index contributed by atoms with van der Waals surface area (Å²) in [5, 5.41) is 8.90. The second kappa shape index (κ2) is 10.7. The van der Waals surface area contributed by atoms with Gasteiger partial charge in [-0.25, -0.2) is 0 Å². The Hall–Kier alpha value is -3.24. The number of amides is 4. The van der Waals surface area contributed by atoms with Gasteiger partial charge in [-0.05, 0) is 18.1 Å². The first-order valence-electron chi connectivity index (χ1n) is 9.13. The van der Waals surface area contributed by atoms with E-state index in [0.29, 0.717) is 0 Å². The normalized spacial score (nSPS) is 16.5. The Morgan fingerprint density at radius 3 is 1.58 bits per heavy atom. The predicted molar refractivity (Wildman–Crippen MR) is 122 cm³/mol. The molecule has 10 heteroatoms. The van der Waals surface area contributed by atoms with Gasteiger partial charge in [0.1, 0.15) is 0 Å². The minimum Gasteiger partial charge on any atom is -0.271 e. The van der Waals surface area contributed by atoms with Crippen molar-refractivity contribution in [1.82, 2.24) is 10.0 Å². The van der Waals surface area contributed by atoms with Crippen molar-refractivity contribution in [2.75, 3.05) is 11.5 Å². The maximum atomic E-state index is 11.2. The summed E-state index contributed by atoms with van der Waals surface area (Å²) in [4.78, 5) is 44.8. The molecule has 2 aromatic rings. The van der Waals surface area contributed by atoms with Crippen LogP contribution < -0.4 is 0 Å². The molecule has 0 spiro atoms. The van der Waals surface area contributed by atoms with Crippen LogP contribution in [0.15, 0.2) is 64.8 Å². The van der Waals surface area contributed by atoms with E-state index < -0.39 is 0 Å². The molecule has 4 rings (SSSR count). The summed E-state index contributed by atoms with van der Waals surface area (Å²) in [6.45, 7) is 1.99. The molecule has 0 radical (unpaired) electrons. The maximum absolute atomic E-state index is 11.2. The zero-order valence-corrected chi connectivity index (χ0v) is 18.1. The number of hydrogen-bond acceptors (Lipinski definition) is 8. The van der Waals surface area contributed by atoms with Gasteiger partial charge in [0.2, 0.25) is 0 Å². The van der Waals surface area contributed by atoms with Crippen molar-refractivity contribution in [1.29, 1.82) is 0 Å². The number of hydrazone groups is 2. The van der Waals surface area contributed by atoms with Crippen molar-refractivity contribution in [3.63, 3.8) is 0 Å². The zero-order chi connectivity index (χ0) is 22.2. The standard InChI is InChI=1S/C11H10N2O2S.C10H8N2O2S/c1-8-2-4-9(5-3-8)6-12-13-10(14)7-16-11(13)15;13-9-7-15-10(14)12(9)11-6-8-4-2-1-3-5-8/h2-6H,7H2,1H3;1-6H,7H2. The van der Waals surface area contributed by atoms with E-state index in [2.05, 4.69) is 10.2 Å². The van der Waals surface area contributed by atoms with Crippen LogP contribution in [0, 0.1) is 6.92 Å². The highest BCUT2D eigenvalue weighted by molar-refractivity contribution is 8.15. The van der Waals surface area contributed by atoms with E-state index in [0.717, 1.165) is 50.2 Å². The topological polar surface area (TPSA) is 99.5 Å². The highest BCUT2D eigenvalue weighted by Gasteiger charge is 2.30. The average molecular weight is 455 g/mol. The number of aryl methyl sites for hydroxylation is 1. The lowest BCUT2D eigenvalue weighted by molar-refractivity contribution is -0.125. The van der Waals surface area contributed by atoms with Crippen LogP contribution in [0.2, 0.25) is 0 Å². The van der Waals surface area contributed by atoms with Gasteiger partial charge < -0.3 is 0 Å². The van der Waals surface area contributed by atoms with Gasteiger partial charge in [-0.2, -0.15) is 20.2 Å². The lowest BCUT2D eigenvalue weighted by Crippen LogP contribution is -2.22. The average Bonchev–Trinajstić information content (AvgIpc) is 3.27. The third kappa shape index (κ3) is 6.37. The predicted octanol–water partition coefficient (Wildman–Crippen LogP) is 3.74. The van der Waals surface area contributed by atoms with Gasteiger partial charge in [0.25, 0.3) is 11.8 Å². The molecular weight excluding hydrogens is 436 g/mol. The Labute approximate surface area is 187 Å². The Morgan fingerprint density at radius 1 is 0.710 bits per heavy atom. The number of thioether (sulfide) groups is 2. The molecule has 2 aliphatic heterocycles. The van der Waals surface area contributed by atoms with Crippen LogP contribution in [0.1, 0.15) is 16.7 Å². The number of rotatable bonds is 4. The summed E-state index contributed by atoms with van der Waals surface area (Å²) < 4.78 is 0. The van der Waals surface area contributed by atoms with E-state index in [1.165, 1.54) is 12.4 Å². The zero-order valence-electron chi connectivity index (χ0n) is 16.5. The molecule has 0 aromatic heterocycles. The Balaban J connectivity index is 0.000000176. The van der Waals surface area contributed by atoms with E-state index >= 15 is 0 Å². The molecule has 2 heterocycles. The SMILES string of the molecule is Cc1ccc(C=NN2C(=O)CSC2=O)cc1.O=C1CSC(=O)N1N=Cc1ccccc1. The highest BCUT2D eigenvalue weighted by atomic mass is 32.2. The Bertz CT molecular complexity index is 1010. The molecule has 8 nitrogen and oxygen atoms in total. The second-order valence-corrected chi connectivity index (χ2v) is 8.18. The molecule has 0 atom stereocenters. The van der Waals surface area contributed by atoms with Gasteiger partial charge in [0.05, 0.1) is 23.9 Å². The fourth-order valence-corrected chi connectivity index (χ4v) is 3.64. The molecule has 2 saturated heterocycles. The first-order chi connectivity index (χ1) is 14.9. The van der Waals surface area contributed by atoms with Crippen molar-refractivity contribution in [2.24, 2.45) is 10.2 Å². The van der Waals surface area contributed by atoms with Gasteiger partial charge in [-0.1, -0.05) is 83.7 Å². The molecule has 2 aromatic carbocycles. The molecular formula is C21H18N4O4S2. The fraction of sp³-hybridized carbons (Fsp3) is 0.143. The highest BCUT2D eigenvalue weighted by Crippen LogP contribution is 2.19. The Kier molecular flexibility index (Phi) is 7.74. The molecule has 2 aliphatic rings. The smallest absolute Gasteiger partial charge is 0.271 e. The van der Waals surface area contributed by atoms with Crippen molar-refractivity contribution in [3.8, 4) is 0 Å². The van der Waals surface area contributed by atoms with Gasteiger partial charge >= 0.3 is 10.5 Å². The summed E-state index contributed by atoms with van der Waals surface area (Å²) in [6.07, 6.45) is 3.02. The molecule has 31 heavy (non-hydrogen) atoms. The third-order valence-corrected chi connectivity index (χ3v) is 5.60. The minimum atomic E-state index is -0.313. The summed E-state index contributed by atoms with van der Waals surface area (Å²) in [7, 11) is 0. The summed E-state index contributed by atoms with van der Waals surface area (Å²) >= 11 is 1.95. The number of carbonyl (C=O) groups excluding carboxylic acids is 4. The van der Waals surface area contributed by atoms with Crippen LogP contribution in [-0.2, 0) is 9.59 Å². The van der Waals surface area contributed by atoms with E-state index in [4.69, 9.17) is 0 Å². The van der Waals surface area contributed by atoms with Crippen LogP contribution in [0.25, 0.3) is 0 Å². The van der Waals surface area contributed by atoms with Crippen LogP contribution in [-0.4, -0.2) is 56.2 Å². The van der Waals surface area contributed by atoms with Crippen molar-refractivity contribution >= 4 is 58.2 Å². The van der Waals surface area contributed by atoms with E-state index in [-0.39, 0.29) is 33.8 Å². The number of carbonyl (C=O) groups is 4. The monoisotopic (exact) mass is 454 g/mol. The quantitative estimate of drug-likeness (QED) is 0.653. The first kappa shape index (κ1) is 22.4. The summed E-state index contributed by atoms with van der Waals surface area (Å²) in [5.74, 6) is -0.162.